The largest absolute Gasteiger partial charge is 0.392 e. The number of rotatable bonds is 8. The average Bonchev–Trinajstić information content (AvgIpc) is 2.43. The Morgan fingerprint density at radius 3 is 2.71 bits per heavy atom. The van der Waals surface area contributed by atoms with Gasteiger partial charge in [0, 0.05) is 13.1 Å². The standard InChI is InChI=1S/C15H22N2O3S/c1-12(2)8-14(18)11-17-6-7-21(19,20)15-5-3-4-13(9-15)10-16/h3-5,9,12,14,17-18H,6-8,11H2,1-2H3. The zero-order valence-electron chi connectivity index (χ0n) is 12.4. The molecule has 0 fully saturated rings. The van der Waals surface area contributed by atoms with E-state index in [1.54, 1.807) is 12.1 Å². The average molecular weight is 310 g/mol. The summed E-state index contributed by atoms with van der Waals surface area (Å²) < 4.78 is 24.2. The van der Waals surface area contributed by atoms with Crippen LogP contribution in [0.15, 0.2) is 29.2 Å². The molecule has 1 aromatic rings. The highest BCUT2D eigenvalue weighted by molar-refractivity contribution is 7.91. The molecule has 0 aliphatic carbocycles. The van der Waals surface area contributed by atoms with Gasteiger partial charge in [-0.05, 0) is 30.5 Å². The molecule has 0 saturated carbocycles. The molecule has 0 aromatic heterocycles. The summed E-state index contributed by atoms with van der Waals surface area (Å²) in [6.07, 6.45) is 0.221. The Kier molecular flexibility index (Phi) is 6.82. The van der Waals surface area contributed by atoms with E-state index in [1.165, 1.54) is 12.1 Å². The molecular weight excluding hydrogens is 288 g/mol. The van der Waals surface area contributed by atoms with Gasteiger partial charge in [0.15, 0.2) is 9.84 Å². The highest BCUT2D eigenvalue weighted by Crippen LogP contribution is 2.12. The number of benzene rings is 1. The lowest BCUT2D eigenvalue weighted by atomic mass is 10.1. The van der Waals surface area contributed by atoms with E-state index in [0.29, 0.717) is 24.4 Å². The fraction of sp³-hybridized carbons (Fsp3) is 0.533. The van der Waals surface area contributed by atoms with Crippen molar-refractivity contribution in [1.29, 1.82) is 5.26 Å². The van der Waals surface area contributed by atoms with Gasteiger partial charge >= 0.3 is 0 Å². The van der Waals surface area contributed by atoms with Crippen LogP contribution >= 0.6 is 0 Å². The lowest BCUT2D eigenvalue weighted by molar-refractivity contribution is 0.147. The third-order valence-corrected chi connectivity index (χ3v) is 4.71. The van der Waals surface area contributed by atoms with Gasteiger partial charge in [0.2, 0.25) is 0 Å². The van der Waals surface area contributed by atoms with Gasteiger partial charge in [0.05, 0.1) is 28.4 Å². The van der Waals surface area contributed by atoms with E-state index in [0.717, 1.165) is 0 Å². The second kappa shape index (κ2) is 8.13. The van der Waals surface area contributed by atoms with Gasteiger partial charge in [-0.1, -0.05) is 19.9 Å². The number of nitrogens with one attached hydrogen (secondary N) is 1. The number of nitriles is 1. The van der Waals surface area contributed by atoms with Crippen molar-refractivity contribution in [3.05, 3.63) is 29.8 Å². The Bertz CT molecular complexity index is 591. The molecule has 6 heteroatoms. The van der Waals surface area contributed by atoms with E-state index < -0.39 is 15.9 Å². The predicted octanol–water partition coefficient (Wildman–Crippen LogP) is 1.33. The fourth-order valence-corrected chi connectivity index (χ4v) is 3.22. The van der Waals surface area contributed by atoms with Crippen molar-refractivity contribution in [1.82, 2.24) is 5.32 Å². The molecule has 0 aliphatic rings. The van der Waals surface area contributed by atoms with Gasteiger partial charge in [0.25, 0.3) is 0 Å². The predicted molar refractivity (Wildman–Crippen MR) is 81.5 cm³/mol. The minimum absolute atomic E-state index is 0.0592. The van der Waals surface area contributed by atoms with Crippen molar-refractivity contribution >= 4 is 9.84 Å². The summed E-state index contributed by atoms with van der Waals surface area (Å²) in [5, 5.41) is 21.4. The minimum atomic E-state index is -3.41. The highest BCUT2D eigenvalue weighted by atomic mass is 32.2. The van der Waals surface area contributed by atoms with E-state index in [-0.39, 0.29) is 17.2 Å². The molecule has 0 amide bonds. The summed E-state index contributed by atoms with van der Waals surface area (Å²) in [7, 11) is -3.41. The van der Waals surface area contributed by atoms with Gasteiger partial charge in [-0.15, -0.1) is 0 Å². The summed E-state index contributed by atoms with van der Waals surface area (Å²) in [6.45, 7) is 4.70. The lowest BCUT2D eigenvalue weighted by Gasteiger charge is -2.13. The summed E-state index contributed by atoms with van der Waals surface area (Å²) in [5.41, 5.74) is 0.330. The van der Waals surface area contributed by atoms with Crippen LogP contribution in [0, 0.1) is 17.2 Å². The first kappa shape index (κ1) is 17.6. The zero-order valence-corrected chi connectivity index (χ0v) is 13.2. The maximum absolute atomic E-state index is 12.1. The molecule has 1 atom stereocenters. The Morgan fingerprint density at radius 1 is 1.38 bits per heavy atom. The fourth-order valence-electron chi connectivity index (χ4n) is 1.98. The van der Waals surface area contributed by atoms with Gasteiger partial charge in [-0.25, -0.2) is 8.42 Å². The minimum Gasteiger partial charge on any atom is -0.392 e. The van der Waals surface area contributed by atoms with Crippen LogP contribution in [0.4, 0.5) is 0 Å². The van der Waals surface area contributed by atoms with Crippen molar-refractivity contribution in [2.75, 3.05) is 18.8 Å². The van der Waals surface area contributed by atoms with E-state index in [4.69, 9.17) is 5.26 Å². The van der Waals surface area contributed by atoms with E-state index in [1.807, 2.05) is 19.9 Å². The molecule has 2 N–H and O–H groups in total. The number of nitrogens with zero attached hydrogens (tertiary/aromatic N) is 1. The summed E-state index contributed by atoms with van der Waals surface area (Å²) in [4.78, 5) is 0.158. The lowest BCUT2D eigenvalue weighted by Crippen LogP contribution is -2.31. The number of sulfone groups is 1. The van der Waals surface area contributed by atoms with Crippen molar-refractivity contribution < 1.29 is 13.5 Å². The molecule has 0 saturated heterocycles. The van der Waals surface area contributed by atoms with E-state index in [2.05, 4.69) is 5.32 Å². The van der Waals surface area contributed by atoms with Crippen LogP contribution in [0.5, 0.6) is 0 Å². The highest BCUT2D eigenvalue weighted by Gasteiger charge is 2.15. The quantitative estimate of drug-likeness (QED) is 0.707. The number of aliphatic hydroxyl groups excluding tert-OH is 1. The Balaban J connectivity index is 2.49. The maximum Gasteiger partial charge on any atom is 0.179 e. The van der Waals surface area contributed by atoms with E-state index in [9.17, 15) is 13.5 Å². The molecular formula is C15H22N2O3S. The first-order valence-corrected chi connectivity index (χ1v) is 8.62. The van der Waals surface area contributed by atoms with Crippen LogP contribution in [0.3, 0.4) is 0 Å². The summed E-state index contributed by atoms with van der Waals surface area (Å²) in [5.74, 6) is 0.343. The van der Waals surface area contributed by atoms with Gasteiger partial charge < -0.3 is 10.4 Å². The zero-order chi connectivity index (χ0) is 15.9. The third-order valence-electron chi connectivity index (χ3n) is 2.99. The van der Waals surface area contributed by atoms with Gasteiger partial charge in [0.1, 0.15) is 0 Å². The van der Waals surface area contributed by atoms with Crippen molar-refractivity contribution in [3.8, 4) is 6.07 Å². The maximum atomic E-state index is 12.1. The molecule has 0 bridgehead atoms. The second-order valence-corrected chi connectivity index (χ2v) is 7.56. The monoisotopic (exact) mass is 310 g/mol. The molecule has 5 nitrogen and oxygen atoms in total. The van der Waals surface area contributed by atoms with Crippen LogP contribution in [-0.2, 0) is 9.84 Å². The Morgan fingerprint density at radius 2 is 2.10 bits per heavy atom. The molecule has 0 heterocycles. The first-order valence-electron chi connectivity index (χ1n) is 6.97. The molecule has 0 aliphatic heterocycles. The molecule has 116 valence electrons. The SMILES string of the molecule is CC(C)CC(O)CNCCS(=O)(=O)c1cccc(C#N)c1. The first-order chi connectivity index (χ1) is 9.85. The third kappa shape index (κ3) is 6.25. The van der Waals surface area contributed by atoms with Crippen LogP contribution in [0.1, 0.15) is 25.8 Å². The number of hydrogen-bond acceptors (Lipinski definition) is 5. The summed E-state index contributed by atoms with van der Waals surface area (Å²) >= 11 is 0. The van der Waals surface area contributed by atoms with Crippen LogP contribution in [-0.4, -0.2) is 38.5 Å². The van der Waals surface area contributed by atoms with Crippen molar-refractivity contribution in [2.45, 2.75) is 31.3 Å². The van der Waals surface area contributed by atoms with Gasteiger partial charge in [-0.2, -0.15) is 5.26 Å². The summed E-state index contributed by atoms with van der Waals surface area (Å²) in [6, 6.07) is 7.92. The molecule has 1 rings (SSSR count). The molecule has 0 radical (unpaired) electrons. The van der Waals surface area contributed by atoms with Crippen molar-refractivity contribution in [3.63, 3.8) is 0 Å². The van der Waals surface area contributed by atoms with Gasteiger partial charge in [-0.3, -0.25) is 0 Å². The molecule has 1 unspecified atom stereocenters. The van der Waals surface area contributed by atoms with Crippen LogP contribution < -0.4 is 5.32 Å². The normalized spacial score (nSPS) is 13.1. The van der Waals surface area contributed by atoms with Crippen LogP contribution in [0.2, 0.25) is 0 Å². The molecule has 1 aromatic carbocycles. The Labute approximate surface area is 126 Å². The topological polar surface area (TPSA) is 90.2 Å². The Hall–Kier alpha value is -1.42. The van der Waals surface area contributed by atoms with E-state index >= 15 is 0 Å². The molecule has 21 heavy (non-hydrogen) atoms. The molecule has 0 spiro atoms. The number of hydrogen-bond donors (Lipinski definition) is 2. The second-order valence-electron chi connectivity index (χ2n) is 5.45. The van der Waals surface area contributed by atoms with Crippen LogP contribution in [0.25, 0.3) is 0 Å². The number of aliphatic hydroxyl groups is 1. The van der Waals surface area contributed by atoms with Crippen molar-refractivity contribution in [2.24, 2.45) is 5.92 Å². The smallest absolute Gasteiger partial charge is 0.179 e.